The van der Waals surface area contributed by atoms with E-state index in [2.05, 4.69) is 44.6 Å². The molecule has 2 saturated heterocycles. The second kappa shape index (κ2) is 11.6. The Morgan fingerprint density at radius 2 is 1.72 bits per heavy atom. The van der Waals surface area contributed by atoms with Crippen LogP contribution in [0, 0.1) is 0 Å². The molecule has 1 amide bonds. The Balaban J connectivity index is 1.36. The molecule has 0 aliphatic carbocycles. The molecule has 2 fully saturated rings. The number of benzene rings is 2. The van der Waals surface area contributed by atoms with Crippen molar-refractivity contribution in [2.24, 2.45) is 0 Å². The van der Waals surface area contributed by atoms with Gasteiger partial charge in [0.1, 0.15) is 5.76 Å². The summed E-state index contributed by atoms with van der Waals surface area (Å²) >= 11 is 0. The van der Waals surface area contributed by atoms with E-state index in [1.807, 2.05) is 53.4 Å². The van der Waals surface area contributed by atoms with Crippen LogP contribution in [0.1, 0.15) is 10.4 Å². The molecule has 2 aliphatic rings. The molecule has 0 bridgehead atoms. The molecule has 6 rings (SSSR count). The minimum absolute atomic E-state index is 0.0655. The number of rotatable bonds is 7. The maximum atomic E-state index is 13.4. The highest BCUT2D eigenvalue weighted by Gasteiger charge is 2.24. The van der Waals surface area contributed by atoms with Gasteiger partial charge in [0, 0.05) is 94.0 Å². The van der Waals surface area contributed by atoms with Crippen molar-refractivity contribution in [3.05, 3.63) is 72.4 Å². The SMILES string of the molecule is CN1CCN(C(=O)c2cccc(-c3oc4nccc(NCCN5CCNCC5)c4c3-c3ccccc3)c2)CC1. The van der Waals surface area contributed by atoms with E-state index in [0.717, 1.165) is 99.0 Å². The number of nitrogens with one attached hydrogen (secondary N) is 2. The summed E-state index contributed by atoms with van der Waals surface area (Å²) in [5, 5.41) is 8.04. The van der Waals surface area contributed by atoms with E-state index in [9.17, 15) is 4.79 Å². The average Bonchev–Trinajstić information content (AvgIpc) is 3.39. The fourth-order valence-electron chi connectivity index (χ4n) is 5.52. The number of carbonyl (C=O) groups excluding carboxylic acids is 1. The second-order valence-electron chi connectivity index (χ2n) is 10.4. The molecule has 2 aromatic heterocycles. The third kappa shape index (κ3) is 5.54. The predicted molar refractivity (Wildman–Crippen MR) is 156 cm³/mol. The van der Waals surface area contributed by atoms with Crippen LogP contribution < -0.4 is 10.6 Å². The number of amides is 1. The van der Waals surface area contributed by atoms with Gasteiger partial charge in [-0.2, -0.15) is 0 Å². The van der Waals surface area contributed by atoms with Crippen molar-refractivity contribution >= 4 is 22.7 Å². The molecular weight excluding hydrogens is 488 g/mol. The molecule has 8 heteroatoms. The van der Waals surface area contributed by atoms with Crippen LogP contribution in [0.2, 0.25) is 0 Å². The van der Waals surface area contributed by atoms with Gasteiger partial charge in [0.25, 0.3) is 5.91 Å². The number of nitrogens with zero attached hydrogens (tertiary/aromatic N) is 4. The lowest BCUT2D eigenvalue weighted by molar-refractivity contribution is 0.0664. The van der Waals surface area contributed by atoms with Gasteiger partial charge in [-0.1, -0.05) is 42.5 Å². The zero-order valence-electron chi connectivity index (χ0n) is 22.5. The number of aromatic nitrogens is 1. The number of pyridine rings is 1. The van der Waals surface area contributed by atoms with Gasteiger partial charge in [0.2, 0.25) is 5.71 Å². The lowest BCUT2D eigenvalue weighted by Crippen LogP contribution is -2.47. The molecule has 0 spiro atoms. The number of furan rings is 1. The molecule has 0 radical (unpaired) electrons. The Kier molecular flexibility index (Phi) is 7.58. The predicted octanol–water partition coefficient (Wildman–Crippen LogP) is 3.87. The highest BCUT2D eigenvalue weighted by molar-refractivity contribution is 6.07. The summed E-state index contributed by atoms with van der Waals surface area (Å²) < 4.78 is 6.47. The first-order chi connectivity index (χ1) is 19.2. The average molecular weight is 525 g/mol. The number of carbonyl (C=O) groups is 1. The van der Waals surface area contributed by atoms with Crippen molar-refractivity contribution in [1.29, 1.82) is 0 Å². The Labute approximate surface area is 229 Å². The topological polar surface area (TPSA) is 76.9 Å². The summed E-state index contributed by atoms with van der Waals surface area (Å²) in [5.41, 5.74) is 5.20. The number of hydrogen-bond donors (Lipinski definition) is 2. The van der Waals surface area contributed by atoms with Crippen LogP contribution in [0.15, 0.2) is 71.3 Å². The van der Waals surface area contributed by atoms with E-state index in [4.69, 9.17) is 4.42 Å². The van der Waals surface area contributed by atoms with Gasteiger partial charge in [-0.3, -0.25) is 9.69 Å². The van der Waals surface area contributed by atoms with Crippen LogP contribution >= 0.6 is 0 Å². The first-order valence-electron chi connectivity index (χ1n) is 13.9. The van der Waals surface area contributed by atoms with Crippen molar-refractivity contribution in [2.45, 2.75) is 0 Å². The first-order valence-corrected chi connectivity index (χ1v) is 13.9. The highest BCUT2D eigenvalue weighted by Crippen LogP contribution is 2.43. The number of fused-ring (bicyclic) bond motifs is 1. The van der Waals surface area contributed by atoms with Crippen LogP contribution in [0.25, 0.3) is 33.6 Å². The largest absolute Gasteiger partial charge is 0.437 e. The minimum Gasteiger partial charge on any atom is -0.437 e. The van der Waals surface area contributed by atoms with E-state index in [-0.39, 0.29) is 5.91 Å². The van der Waals surface area contributed by atoms with Gasteiger partial charge in [-0.05, 0) is 30.8 Å². The van der Waals surface area contributed by atoms with Gasteiger partial charge < -0.3 is 24.9 Å². The summed E-state index contributed by atoms with van der Waals surface area (Å²) in [4.78, 5) is 24.6. The maximum Gasteiger partial charge on any atom is 0.253 e. The molecule has 8 nitrogen and oxygen atoms in total. The molecule has 4 aromatic rings. The summed E-state index contributed by atoms with van der Waals surface area (Å²) in [6.45, 7) is 9.31. The third-order valence-corrected chi connectivity index (χ3v) is 7.77. The Bertz CT molecular complexity index is 1420. The minimum atomic E-state index is 0.0655. The number of anilines is 1. The van der Waals surface area contributed by atoms with Crippen molar-refractivity contribution in [1.82, 2.24) is 25.0 Å². The smallest absolute Gasteiger partial charge is 0.253 e. The molecule has 202 valence electrons. The Morgan fingerprint density at radius 1 is 0.949 bits per heavy atom. The second-order valence-corrected chi connectivity index (χ2v) is 10.4. The van der Waals surface area contributed by atoms with E-state index in [1.54, 1.807) is 6.20 Å². The fraction of sp³-hybridized carbons (Fsp3) is 0.355. The van der Waals surface area contributed by atoms with E-state index >= 15 is 0 Å². The van der Waals surface area contributed by atoms with Crippen LogP contribution in [-0.4, -0.2) is 98.1 Å². The number of piperazine rings is 2. The van der Waals surface area contributed by atoms with E-state index < -0.39 is 0 Å². The number of likely N-dealkylation sites (N-methyl/N-ethyl adjacent to an activating group) is 1. The lowest BCUT2D eigenvalue weighted by atomic mass is 9.97. The van der Waals surface area contributed by atoms with Crippen molar-refractivity contribution in [3.8, 4) is 22.5 Å². The Hall–Kier alpha value is -3.72. The molecule has 2 aromatic carbocycles. The maximum absolute atomic E-state index is 13.4. The zero-order valence-corrected chi connectivity index (χ0v) is 22.5. The van der Waals surface area contributed by atoms with Crippen LogP contribution in [0.4, 0.5) is 5.69 Å². The monoisotopic (exact) mass is 524 g/mol. The quantitative estimate of drug-likeness (QED) is 0.380. The van der Waals surface area contributed by atoms with Crippen LogP contribution in [0.5, 0.6) is 0 Å². The molecular formula is C31H36N6O2. The van der Waals surface area contributed by atoms with Gasteiger partial charge in [-0.15, -0.1) is 0 Å². The standard InChI is InChI=1S/C31H36N6O2/c1-35-18-20-37(21-19-35)31(38)25-9-5-8-24(22-25)29-27(23-6-3-2-4-7-23)28-26(10-11-34-30(28)39-29)33-14-17-36-15-12-32-13-16-36/h2-11,22,32H,12-21H2,1H3,(H,33,34). The third-order valence-electron chi connectivity index (χ3n) is 7.77. The normalized spacial score (nSPS) is 17.0. The van der Waals surface area contributed by atoms with Gasteiger partial charge in [-0.25, -0.2) is 4.98 Å². The molecule has 39 heavy (non-hydrogen) atoms. The van der Waals surface area contributed by atoms with Gasteiger partial charge in [0.15, 0.2) is 0 Å². The molecule has 0 unspecified atom stereocenters. The molecule has 0 saturated carbocycles. The highest BCUT2D eigenvalue weighted by atomic mass is 16.3. The number of hydrogen-bond acceptors (Lipinski definition) is 7. The zero-order chi connectivity index (χ0) is 26.6. The summed E-state index contributed by atoms with van der Waals surface area (Å²) in [6, 6.07) is 20.2. The van der Waals surface area contributed by atoms with Crippen molar-refractivity contribution in [2.75, 3.05) is 77.8 Å². The van der Waals surface area contributed by atoms with E-state index in [0.29, 0.717) is 11.3 Å². The first kappa shape index (κ1) is 25.6. The molecule has 0 atom stereocenters. The molecule has 2 aliphatic heterocycles. The molecule has 2 N–H and O–H groups in total. The molecule has 4 heterocycles. The van der Waals surface area contributed by atoms with Crippen LogP contribution in [-0.2, 0) is 0 Å². The van der Waals surface area contributed by atoms with Crippen molar-refractivity contribution < 1.29 is 9.21 Å². The Morgan fingerprint density at radius 3 is 2.51 bits per heavy atom. The van der Waals surface area contributed by atoms with Gasteiger partial charge >= 0.3 is 0 Å². The van der Waals surface area contributed by atoms with Crippen LogP contribution in [0.3, 0.4) is 0 Å². The summed E-state index contributed by atoms with van der Waals surface area (Å²) in [5.74, 6) is 0.795. The summed E-state index contributed by atoms with van der Waals surface area (Å²) in [6.07, 6.45) is 1.80. The van der Waals surface area contributed by atoms with E-state index in [1.165, 1.54) is 0 Å². The van der Waals surface area contributed by atoms with Crippen molar-refractivity contribution in [3.63, 3.8) is 0 Å². The summed E-state index contributed by atoms with van der Waals surface area (Å²) in [7, 11) is 2.09. The lowest BCUT2D eigenvalue weighted by Gasteiger charge is -2.32. The van der Waals surface area contributed by atoms with Gasteiger partial charge in [0.05, 0.1) is 5.39 Å². The fourth-order valence-corrected chi connectivity index (χ4v) is 5.52.